The Bertz CT molecular complexity index is 636. The molecule has 2 aromatic rings. The Labute approximate surface area is 136 Å². The third-order valence-electron chi connectivity index (χ3n) is 2.59. The number of benzene rings is 2. The summed E-state index contributed by atoms with van der Waals surface area (Å²) < 4.78 is 5.57. The van der Waals surface area contributed by atoms with Gasteiger partial charge in [-0.05, 0) is 24.3 Å². The molecule has 0 heterocycles. The van der Waals surface area contributed by atoms with Gasteiger partial charge < -0.3 is 4.74 Å². The minimum absolute atomic E-state index is 0.0979. The fraction of sp³-hybridized carbons (Fsp3) is 0.0714. The summed E-state index contributed by atoms with van der Waals surface area (Å²) in [5, 5.41) is 1.58. The van der Waals surface area contributed by atoms with Crippen LogP contribution in [0.4, 0.5) is 0 Å². The number of ether oxygens (including phenoxy) is 1. The van der Waals surface area contributed by atoms with Crippen LogP contribution in [0.5, 0.6) is 5.75 Å². The van der Waals surface area contributed by atoms with Crippen molar-refractivity contribution < 1.29 is 9.53 Å². The maximum atomic E-state index is 11.0. The highest BCUT2D eigenvalue weighted by molar-refractivity contribution is 6.36. The summed E-state index contributed by atoms with van der Waals surface area (Å²) in [4.78, 5) is 11.0. The zero-order valence-electron chi connectivity index (χ0n) is 10.00. The van der Waals surface area contributed by atoms with Gasteiger partial charge in [-0.1, -0.05) is 52.5 Å². The lowest BCUT2D eigenvalue weighted by Gasteiger charge is -2.12. The fourth-order valence-electron chi connectivity index (χ4n) is 1.63. The van der Waals surface area contributed by atoms with Crippen LogP contribution >= 0.6 is 46.4 Å². The van der Waals surface area contributed by atoms with Crippen LogP contribution in [0.15, 0.2) is 30.3 Å². The molecular formula is C14H8Cl4O2. The van der Waals surface area contributed by atoms with Crippen molar-refractivity contribution in [3.8, 4) is 5.75 Å². The molecule has 0 saturated carbocycles. The first-order valence-corrected chi connectivity index (χ1v) is 7.04. The fourth-order valence-corrected chi connectivity index (χ4v) is 2.70. The standard InChI is InChI=1S/C14H8Cl4O2/c15-9-4-8(6-19)14(13(18)5-9)20-7-10-11(16)2-1-3-12(10)17/h1-6H,7H2. The summed E-state index contributed by atoms with van der Waals surface area (Å²) in [6.07, 6.45) is 0.626. The van der Waals surface area contributed by atoms with Gasteiger partial charge in [0.05, 0.1) is 10.6 Å². The van der Waals surface area contributed by atoms with Crippen LogP contribution in [0.1, 0.15) is 15.9 Å². The predicted octanol–water partition coefficient (Wildman–Crippen LogP) is 5.69. The molecule has 20 heavy (non-hydrogen) atoms. The van der Waals surface area contributed by atoms with E-state index in [2.05, 4.69) is 0 Å². The van der Waals surface area contributed by atoms with E-state index in [0.29, 0.717) is 26.9 Å². The van der Waals surface area contributed by atoms with Gasteiger partial charge in [-0.3, -0.25) is 4.79 Å². The number of hydrogen-bond donors (Lipinski definition) is 0. The second-order valence-electron chi connectivity index (χ2n) is 3.91. The summed E-state index contributed by atoms with van der Waals surface area (Å²) in [7, 11) is 0. The Hall–Kier alpha value is -0.930. The van der Waals surface area contributed by atoms with Gasteiger partial charge >= 0.3 is 0 Å². The average molecular weight is 350 g/mol. The summed E-state index contributed by atoms with van der Waals surface area (Å²) in [6.45, 7) is 0.0979. The SMILES string of the molecule is O=Cc1cc(Cl)cc(Cl)c1OCc1c(Cl)cccc1Cl. The lowest BCUT2D eigenvalue weighted by atomic mass is 10.2. The highest BCUT2D eigenvalue weighted by atomic mass is 35.5. The van der Waals surface area contributed by atoms with Gasteiger partial charge in [0.25, 0.3) is 0 Å². The molecule has 0 aliphatic heterocycles. The van der Waals surface area contributed by atoms with E-state index in [1.807, 2.05) is 0 Å². The maximum Gasteiger partial charge on any atom is 0.153 e. The quantitative estimate of drug-likeness (QED) is 0.662. The Morgan fingerprint density at radius 1 is 1.00 bits per heavy atom. The zero-order valence-corrected chi connectivity index (χ0v) is 13.0. The summed E-state index contributed by atoms with van der Waals surface area (Å²) >= 11 is 23.9. The van der Waals surface area contributed by atoms with Crippen molar-refractivity contribution >= 4 is 52.7 Å². The molecule has 0 spiro atoms. The molecule has 0 radical (unpaired) electrons. The van der Waals surface area contributed by atoms with Crippen LogP contribution in [0.25, 0.3) is 0 Å². The molecule has 0 aliphatic rings. The van der Waals surface area contributed by atoms with Crippen molar-refractivity contribution in [3.05, 3.63) is 61.5 Å². The second kappa shape index (κ2) is 6.68. The minimum Gasteiger partial charge on any atom is -0.486 e. The van der Waals surface area contributed by atoms with Crippen molar-refractivity contribution in [1.82, 2.24) is 0 Å². The van der Waals surface area contributed by atoms with Gasteiger partial charge in [0.15, 0.2) is 6.29 Å². The van der Waals surface area contributed by atoms with Crippen LogP contribution in [0, 0.1) is 0 Å². The zero-order chi connectivity index (χ0) is 14.7. The normalized spacial score (nSPS) is 10.4. The molecule has 0 N–H and O–H groups in total. The summed E-state index contributed by atoms with van der Waals surface area (Å²) in [6, 6.07) is 8.12. The minimum atomic E-state index is 0.0979. The van der Waals surface area contributed by atoms with Crippen molar-refractivity contribution in [1.29, 1.82) is 0 Å². The average Bonchev–Trinajstić information content (AvgIpc) is 2.39. The molecule has 0 fully saturated rings. The first kappa shape index (κ1) is 15.5. The van der Waals surface area contributed by atoms with E-state index in [-0.39, 0.29) is 22.9 Å². The first-order chi connectivity index (χ1) is 9.52. The van der Waals surface area contributed by atoms with Crippen molar-refractivity contribution in [3.63, 3.8) is 0 Å². The lowest BCUT2D eigenvalue weighted by molar-refractivity contribution is 0.111. The van der Waals surface area contributed by atoms with Crippen molar-refractivity contribution in [2.45, 2.75) is 6.61 Å². The Morgan fingerprint density at radius 2 is 1.65 bits per heavy atom. The number of halogens is 4. The summed E-state index contributed by atoms with van der Waals surface area (Å²) in [5.74, 6) is 0.252. The van der Waals surface area contributed by atoms with E-state index in [1.165, 1.54) is 12.1 Å². The van der Waals surface area contributed by atoms with Crippen LogP contribution in [-0.2, 0) is 6.61 Å². The van der Waals surface area contributed by atoms with Gasteiger partial charge in [0, 0.05) is 20.6 Å². The van der Waals surface area contributed by atoms with Crippen LogP contribution in [0.3, 0.4) is 0 Å². The second-order valence-corrected chi connectivity index (χ2v) is 5.57. The number of hydrogen-bond acceptors (Lipinski definition) is 2. The maximum absolute atomic E-state index is 11.0. The molecule has 0 atom stereocenters. The van der Waals surface area contributed by atoms with Crippen molar-refractivity contribution in [2.24, 2.45) is 0 Å². The predicted molar refractivity (Wildman–Crippen MR) is 82.6 cm³/mol. The Kier molecular flexibility index (Phi) is 5.17. The van der Waals surface area contributed by atoms with Gasteiger partial charge in [0.2, 0.25) is 0 Å². The molecule has 6 heteroatoms. The summed E-state index contributed by atoms with van der Waals surface area (Å²) in [5.41, 5.74) is 0.893. The van der Waals surface area contributed by atoms with E-state index in [1.54, 1.807) is 18.2 Å². The molecule has 2 nitrogen and oxygen atoms in total. The molecule has 0 saturated heterocycles. The first-order valence-electron chi connectivity index (χ1n) is 5.53. The lowest BCUT2D eigenvalue weighted by Crippen LogP contribution is -2.00. The highest BCUT2D eigenvalue weighted by Gasteiger charge is 2.12. The molecule has 0 aromatic heterocycles. The number of carbonyl (C=O) groups is 1. The third kappa shape index (κ3) is 3.39. The smallest absolute Gasteiger partial charge is 0.153 e. The number of carbonyl (C=O) groups excluding carboxylic acids is 1. The molecule has 2 aromatic carbocycles. The van der Waals surface area contributed by atoms with E-state index in [4.69, 9.17) is 51.1 Å². The Balaban J connectivity index is 2.30. The molecule has 0 amide bonds. The van der Waals surface area contributed by atoms with Crippen LogP contribution in [-0.4, -0.2) is 6.29 Å². The van der Waals surface area contributed by atoms with E-state index in [9.17, 15) is 4.79 Å². The van der Waals surface area contributed by atoms with Gasteiger partial charge in [-0.15, -0.1) is 0 Å². The monoisotopic (exact) mass is 348 g/mol. The number of aldehydes is 1. The van der Waals surface area contributed by atoms with Crippen molar-refractivity contribution in [2.75, 3.05) is 0 Å². The van der Waals surface area contributed by atoms with E-state index >= 15 is 0 Å². The molecule has 0 bridgehead atoms. The topological polar surface area (TPSA) is 26.3 Å². The molecule has 104 valence electrons. The van der Waals surface area contributed by atoms with Gasteiger partial charge in [-0.2, -0.15) is 0 Å². The third-order valence-corrected chi connectivity index (χ3v) is 3.79. The van der Waals surface area contributed by atoms with Gasteiger partial charge in [0.1, 0.15) is 12.4 Å². The van der Waals surface area contributed by atoms with Crippen LogP contribution < -0.4 is 4.74 Å². The van der Waals surface area contributed by atoms with Gasteiger partial charge in [-0.25, -0.2) is 0 Å². The van der Waals surface area contributed by atoms with E-state index < -0.39 is 0 Å². The van der Waals surface area contributed by atoms with Crippen LogP contribution in [0.2, 0.25) is 20.1 Å². The molecular weight excluding hydrogens is 342 g/mol. The largest absolute Gasteiger partial charge is 0.486 e. The molecule has 2 rings (SSSR count). The molecule has 0 aliphatic carbocycles. The Morgan fingerprint density at radius 3 is 2.25 bits per heavy atom. The number of rotatable bonds is 4. The molecule has 0 unspecified atom stereocenters. The van der Waals surface area contributed by atoms with E-state index in [0.717, 1.165) is 0 Å². The highest BCUT2D eigenvalue weighted by Crippen LogP contribution is 2.33.